The summed E-state index contributed by atoms with van der Waals surface area (Å²) in [5.41, 5.74) is 0.393. The van der Waals surface area contributed by atoms with Gasteiger partial charge in [0, 0.05) is 12.6 Å². The summed E-state index contributed by atoms with van der Waals surface area (Å²) in [5.74, 6) is 0.603. The minimum Gasteiger partial charge on any atom is -0.369 e. The zero-order valence-corrected chi connectivity index (χ0v) is 10.8. The highest BCUT2D eigenvalue weighted by molar-refractivity contribution is 5.92. The summed E-state index contributed by atoms with van der Waals surface area (Å²) >= 11 is 0. The summed E-state index contributed by atoms with van der Waals surface area (Å²) < 4.78 is 0. The highest BCUT2D eigenvalue weighted by atomic mass is 16.2. The normalized spacial score (nSPS) is 15.6. The molecule has 0 unspecified atom stereocenters. The summed E-state index contributed by atoms with van der Waals surface area (Å²) in [6, 6.07) is 3.83. The number of nitrogens with one attached hydrogen (secondary N) is 2. The topological polar surface area (TPSA) is 66.9 Å². The predicted molar refractivity (Wildman–Crippen MR) is 70.5 cm³/mol. The Hall–Kier alpha value is -1.65. The van der Waals surface area contributed by atoms with Crippen molar-refractivity contribution in [3.05, 3.63) is 17.8 Å². The van der Waals surface area contributed by atoms with E-state index in [-0.39, 0.29) is 5.91 Å². The number of amides is 1. The lowest BCUT2D eigenvalue weighted by atomic mass is 10.2. The second kappa shape index (κ2) is 6.33. The molecule has 0 spiro atoms. The minimum absolute atomic E-state index is 0.114. The highest BCUT2D eigenvalue weighted by Crippen LogP contribution is 2.17. The Labute approximate surface area is 107 Å². The molecule has 0 atom stereocenters. The van der Waals surface area contributed by atoms with Crippen molar-refractivity contribution < 1.29 is 4.79 Å². The van der Waals surface area contributed by atoms with Gasteiger partial charge in [-0.2, -0.15) is 0 Å². The van der Waals surface area contributed by atoms with E-state index in [2.05, 4.69) is 27.8 Å². The summed E-state index contributed by atoms with van der Waals surface area (Å²) in [6.45, 7) is 2.95. The Balaban J connectivity index is 1.89. The summed E-state index contributed by atoms with van der Waals surface area (Å²) in [4.78, 5) is 11.9. The maximum Gasteiger partial charge on any atom is 0.272 e. The lowest BCUT2D eigenvalue weighted by molar-refractivity contribution is 0.0932. The fourth-order valence-electron chi connectivity index (χ4n) is 2.13. The number of rotatable bonds is 5. The first-order chi connectivity index (χ1) is 8.79. The molecule has 1 aromatic heterocycles. The van der Waals surface area contributed by atoms with Gasteiger partial charge >= 0.3 is 0 Å². The van der Waals surface area contributed by atoms with Crippen molar-refractivity contribution in [1.82, 2.24) is 15.5 Å². The van der Waals surface area contributed by atoms with Crippen molar-refractivity contribution in [3.8, 4) is 0 Å². The molecular weight excluding hydrogens is 228 g/mol. The monoisotopic (exact) mass is 248 g/mol. The molecule has 5 nitrogen and oxygen atoms in total. The van der Waals surface area contributed by atoms with E-state index in [0.717, 1.165) is 25.8 Å². The first kappa shape index (κ1) is 12.8. The van der Waals surface area contributed by atoms with Gasteiger partial charge in [-0.15, -0.1) is 10.2 Å². The van der Waals surface area contributed by atoms with E-state index in [1.165, 1.54) is 12.8 Å². The van der Waals surface area contributed by atoms with Crippen LogP contribution in [0.15, 0.2) is 12.1 Å². The fourth-order valence-corrected chi connectivity index (χ4v) is 2.13. The summed E-state index contributed by atoms with van der Waals surface area (Å²) in [6.07, 6.45) is 5.60. The smallest absolute Gasteiger partial charge is 0.272 e. The van der Waals surface area contributed by atoms with Gasteiger partial charge in [0.15, 0.2) is 5.69 Å². The minimum atomic E-state index is -0.114. The van der Waals surface area contributed by atoms with Crippen LogP contribution in [0.3, 0.4) is 0 Å². The SMILES string of the molecule is CCCNc1ccc(C(=O)NC2CCCC2)nn1. The van der Waals surface area contributed by atoms with Crippen LogP contribution in [-0.4, -0.2) is 28.7 Å². The van der Waals surface area contributed by atoms with E-state index in [1.807, 2.05) is 0 Å². The first-order valence-electron chi connectivity index (χ1n) is 6.68. The molecule has 0 radical (unpaired) electrons. The molecule has 1 fully saturated rings. The molecule has 0 saturated heterocycles. The van der Waals surface area contributed by atoms with Crippen LogP contribution in [0.4, 0.5) is 5.82 Å². The number of aromatic nitrogens is 2. The van der Waals surface area contributed by atoms with Crippen LogP contribution in [0.1, 0.15) is 49.5 Å². The average molecular weight is 248 g/mol. The van der Waals surface area contributed by atoms with Gasteiger partial charge in [-0.1, -0.05) is 19.8 Å². The second-order valence-electron chi connectivity index (χ2n) is 4.69. The summed E-state index contributed by atoms with van der Waals surface area (Å²) in [7, 11) is 0. The quantitative estimate of drug-likeness (QED) is 0.836. The molecule has 18 heavy (non-hydrogen) atoms. The van der Waals surface area contributed by atoms with Crippen molar-refractivity contribution in [2.75, 3.05) is 11.9 Å². The third kappa shape index (κ3) is 3.42. The highest BCUT2D eigenvalue weighted by Gasteiger charge is 2.18. The van der Waals surface area contributed by atoms with Gasteiger partial charge in [0.05, 0.1) is 0 Å². The number of hydrogen-bond donors (Lipinski definition) is 2. The molecule has 1 aliphatic rings. The molecule has 1 aromatic rings. The number of carbonyl (C=O) groups is 1. The Morgan fingerprint density at radius 1 is 1.33 bits per heavy atom. The Bertz CT molecular complexity index is 384. The van der Waals surface area contributed by atoms with Crippen molar-refractivity contribution in [2.24, 2.45) is 0 Å². The first-order valence-corrected chi connectivity index (χ1v) is 6.68. The van der Waals surface area contributed by atoms with Gasteiger partial charge in [-0.25, -0.2) is 0 Å². The zero-order valence-electron chi connectivity index (χ0n) is 10.8. The maximum atomic E-state index is 11.9. The number of carbonyl (C=O) groups excluding carboxylic acids is 1. The van der Waals surface area contributed by atoms with Crippen LogP contribution in [-0.2, 0) is 0 Å². The van der Waals surface area contributed by atoms with Crippen LogP contribution in [0.2, 0.25) is 0 Å². The third-order valence-corrected chi connectivity index (χ3v) is 3.14. The number of hydrogen-bond acceptors (Lipinski definition) is 4. The van der Waals surface area contributed by atoms with Gasteiger partial charge in [0.1, 0.15) is 5.82 Å². The molecule has 0 aromatic carbocycles. The largest absolute Gasteiger partial charge is 0.369 e. The van der Waals surface area contributed by atoms with Crippen molar-refractivity contribution in [1.29, 1.82) is 0 Å². The van der Waals surface area contributed by atoms with Crippen LogP contribution >= 0.6 is 0 Å². The van der Waals surface area contributed by atoms with Gasteiger partial charge in [-0.05, 0) is 31.4 Å². The zero-order chi connectivity index (χ0) is 12.8. The third-order valence-electron chi connectivity index (χ3n) is 3.14. The molecule has 5 heteroatoms. The summed E-state index contributed by atoms with van der Waals surface area (Å²) in [5, 5.41) is 14.1. The fraction of sp³-hybridized carbons (Fsp3) is 0.615. The van der Waals surface area contributed by atoms with Crippen molar-refractivity contribution >= 4 is 11.7 Å². The molecular formula is C13H20N4O. The Morgan fingerprint density at radius 2 is 2.11 bits per heavy atom. The van der Waals surface area contributed by atoms with Gasteiger partial charge in [0.25, 0.3) is 5.91 Å². The lowest BCUT2D eigenvalue weighted by Gasteiger charge is -2.11. The molecule has 98 valence electrons. The van der Waals surface area contributed by atoms with Crippen LogP contribution in [0.5, 0.6) is 0 Å². The van der Waals surface area contributed by atoms with E-state index >= 15 is 0 Å². The molecule has 2 N–H and O–H groups in total. The molecule has 0 bridgehead atoms. The van der Waals surface area contributed by atoms with E-state index in [0.29, 0.717) is 17.6 Å². The molecule has 1 heterocycles. The number of nitrogens with zero attached hydrogens (tertiary/aromatic N) is 2. The molecule has 1 aliphatic carbocycles. The van der Waals surface area contributed by atoms with Crippen LogP contribution < -0.4 is 10.6 Å². The standard InChI is InChI=1S/C13H20N4O/c1-2-9-14-12-8-7-11(16-17-12)13(18)15-10-5-3-4-6-10/h7-8,10H,2-6,9H2,1H3,(H,14,17)(H,15,18). The lowest BCUT2D eigenvalue weighted by Crippen LogP contribution is -2.33. The Morgan fingerprint density at radius 3 is 2.72 bits per heavy atom. The van der Waals surface area contributed by atoms with E-state index in [4.69, 9.17) is 0 Å². The van der Waals surface area contributed by atoms with E-state index in [9.17, 15) is 4.79 Å². The Kier molecular flexibility index (Phi) is 4.50. The van der Waals surface area contributed by atoms with Crippen molar-refractivity contribution in [2.45, 2.75) is 45.1 Å². The second-order valence-corrected chi connectivity index (χ2v) is 4.69. The van der Waals surface area contributed by atoms with Gasteiger partial charge < -0.3 is 10.6 Å². The van der Waals surface area contributed by atoms with Gasteiger partial charge in [-0.3, -0.25) is 4.79 Å². The molecule has 0 aliphatic heterocycles. The van der Waals surface area contributed by atoms with Gasteiger partial charge in [0.2, 0.25) is 0 Å². The predicted octanol–water partition coefficient (Wildman–Crippen LogP) is 1.97. The van der Waals surface area contributed by atoms with E-state index < -0.39 is 0 Å². The molecule has 1 amide bonds. The van der Waals surface area contributed by atoms with Crippen LogP contribution in [0.25, 0.3) is 0 Å². The van der Waals surface area contributed by atoms with E-state index in [1.54, 1.807) is 12.1 Å². The average Bonchev–Trinajstić information content (AvgIpc) is 2.89. The maximum absolute atomic E-state index is 11.9. The van der Waals surface area contributed by atoms with Crippen molar-refractivity contribution in [3.63, 3.8) is 0 Å². The van der Waals surface area contributed by atoms with Crippen LogP contribution in [0, 0.1) is 0 Å². The molecule has 2 rings (SSSR count). The number of anilines is 1. The molecule has 1 saturated carbocycles.